The zero-order chi connectivity index (χ0) is 15.7. The van der Waals surface area contributed by atoms with E-state index in [0.29, 0.717) is 30.7 Å². The highest BCUT2D eigenvalue weighted by atomic mass is 19.2. The molecule has 0 amide bonds. The number of benzene rings is 1. The molecule has 2 N–H and O–H groups in total. The lowest BCUT2D eigenvalue weighted by Crippen LogP contribution is -2.38. The molecule has 1 aliphatic heterocycles. The van der Waals surface area contributed by atoms with Crippen LogP contribution >= 0.6 is 0 Å². The van der Waals surface area contributed by atoms with Crippen LogP contribution in [0.15, 0.2) is 27.5 Å². The minimum atomic E-state index is -1.45. The molecule has 2 heterocycles. The van der Waals surface area contributed by atoms with E-state index in [1.54, 1.807) is 0 Å². The van der Waals surface area contributed by atoms with Crippen molar-refractivity contribution in [3.8, 4) is 0 Å². The highest BCUT2D eigenvalue weighted by Crippen LogP contribution is 2.28. The number of hydrogen-bond donors (Lipinski definition) is 2. The molecule has 2 atom stereocenters. The van der Waals surface area contributed by atoms with Crippen molar-refractivity contribution in [1.82, 2.24) is 10.5 Å². The van der Waals surface area contributed by atoms with Gasteiger partial charge < -0.3 is 9.84 Å². The molecule has 0 unspecified atom stereocenters. The van der Waals surface area contributed by atoms with Gasteiger partial charge in [-0.15, -0.1) is 0 Å². The third-order valence-electron chi connectivity index (χ3n) is 3.97. The fourth-order valence-corrected chi connectivity index (χ4v) is 2.93. The van der Waals surface area contributed by atoms with Gasteiger partial charge in [0.05, 0.1) is 0 Å². The fourth-order valence-electron chi connectivity index (χ4n) is 2.93. The van der Waals surface area contributed by atoms with Gasteiger partial charge in [0.1, 0.15) is 5.76 Å². The number of rotatable bonds is 3. The normalized spacial score (nSPS) is 22.0. The molecule has 118 valence electrons. The topological polar surface area (TPSA) is 58.0 Å². The lowest BCUT2D eigenvalue weighted by atomic mass is 9.87. The Morgan fingerprint density at radius 1 is 1.18 bits per heavy atom. The third kappa shape index (κ3) is 3.09. The van der Waals surface area contributed by atoms with E-state index < -0.39 is 17.5 Å². The van der Waals surface area contributed by atoms with Crippen molar-refractivity contribution in [2.45, 2.75) is 31.2 Å². The zero-order valence-electron chi connectivity index (χ0n) is 11.7. The average molecular weight is 312 g/mol. The minimum Gasteiger partial charge on any atom is -0.383 e. The molecule has 0 aliphatic carbocycles. The van der Waals surface area contributed by atoms with Crippen LogP contribution in [-0.4, -0.2) is 17.7 Å². The molecule has 22 heavy (non-hydrogen) atoms. The second-order valence-corrected chi connectivity index (χ2v) is 5.57. The molecule has 1 fully saturated rings. The smallest absolute Gasteiger partial charge is 0.280 e. The lowest BCUT2D eigenvalue weighted by molar-refractivity contribution is 0.292. The number of hydrogen-bond acceptors (Lipinski definition) is 3. The maximum absolute atomic E-state index is 13.2. The van der Waals surface area contributed by atoms with Crippen LogP contribution in [0.5, 0.6) is 0 Å². The van der Waals surface area contributed by atoms with E-state index in [1.807, 2.05) is 0 Å². The summed E-state index contributed by atoms with van der Waals surface area (Å²) < 4.78 is 44.6. The molecule has 1 aliphatic rings. The van der Waals surface area contributed by atoms with Gasteiger partial charge in [-0.05, 0) is 43.5 Å². The van der Waals surface area contributed by atoms with Crippen LogP contribution in [0.25, 0.3) is 0 Å². The predicted octanol–water partition coefficient (Wildman–Crippen LogP) is 2.46. The van der Waals surface area contributed by atoms with Gasteiger partial charge in [0.2, 0.25) is 0 Å². The highest BCUT2D eigenvalue weighted by Gasteiger charge is 2.26. The molecule has 2 aromatic rings. The number of nitrogens with one attached hydrogen (secondary N) is 2. The van der Waals surface area contributed by atoms with Crippen LogP contribution < -0.4 is 10.9 Å². The van der Waals surface area contributed by atoms with E-state index in [9.17, 15) is 18.0 Å². The van der Waals surface area contributed by atoms with Gasteiger partial charge in [-0.2, -0.15) is 5.16 Å². The van der Waals surface area contributed by atoms with Crippen molar-refractivity contribution in [3.05, 3.63) is 57.3 Å². The Morgan fingerprint density at radius 2 is 1.91 bits per heavy atom. The van der Waals surface area contributed by atoms with Gasteiger partial charge in [-0.1, -0.05) is 0 Å². The van der Waals surface area contributed by atoms with Gasteiger partial charge in [-0.25, -0.2) is 13.2 Å². The minimum absolute atomic E-state index is 0.0248. The van der Waals surface area contributed by atoms with Crippen LogP contribution in [0, 0.1) is 17.5 Å². The number of aromatic nitrogens is 1. The number of H-pyrrole nitrogens is 1. The molecular weight excluding hydrogens is 297 g/mol. The average Bonchev–Trinajstić information content (AvgIpc) is 2.92. The molecule has 4 nitrogen and oxygen atoms in total. The molecule has 7 heteroatoms. The Morgan fingerprint density at radius 3 is 2.55 bits per heavy atom. The molecule has 1 saturated heterocycles. The molecule has 0 bridgehead atoms. The molecule has 3 rings (SSSR count). The maximum Gasteiger partial charge on any atom is 0.280 e. The number of halogens is 3. The molecular formula is C15H15F3N2O2. The lowest BCUT2D eigenvalue weighted by Gasteiger charge is -2.29. The van der Waals surface area contributed by atoms with E-state index in [1.165, 1.54) is 6.07 Å². The van der Waals surface area contributed by atoms with Gasteiger partial charge in [0.25, 0.3) is 5.56 Å². The second-order valence-electron chi connectivity index (χ2n) is 5.57. The maximum atomic E-state index is 13.2. The van der Waals surface area contributed by atoms with Crippen molar-refractivity contribution in [3.63, 3.8) is 0 Å². The van der Waals surface area contributed by atoms with Crippen LogP contribution in [0.4, 0.5) is 13.2 Å². The molecule has 1 aromatic carbocycles. The van der Waals surface area contributed by atoms with Crippen LogP contribution in [-0.2, 0) is 6.42 Å². The van der Waals surface area contributed by atoms with Gasteiger partial charge in [-0.3, -0.25) is 4.79 Å². The molecule has 0 saturated carbocycles. The summed E-state index contributed by atoms with van der Waals surface area (Å²) in [7, 11) is 0. The summed E-state index contributed by atoms with van der Waals surface area (Å²) >= 11 is 0. The first-order chi connectivity index (χ1) is 10.5. The highest BCUT2D eigenvalue weighted by molar-refractivity contribution is 5.21. The standard InChI is InChI=1S/C15H15F3N2O2/c16-11-4-8(5-12(17)15(11)18)3-10-6-9(1-2-19-10)13-7-14(21)20-22-13/h4-5,7,9-10,19H,1-3,6H2,(H,20,21)/t9-,10+/m1/s1. The Balaban J connectivity index is 1.71. The predicted molar refractivity (Wildman–Crippen MR) is 73.1 cm³/mol. The van der Waals surface area contributed by atoms with Crippen molar-refractivity contribution < 1.29 is 17.7 Å². The van der Waals surface area contributed by atoms with Crippen LogP contribution in [0.3, 0.4) is 0 Å². The van der Waals surface area contributed by atoms with E-state index >= 15 is 0 Å². The summed E-state index contributed by atoms with van der Waals surface area (Å²) in [5.41, 5.74) is 0.109. The zero-order valence-corrected chi connectivity index (χ0v) is 11.7. The Bertz CT molecular complexity index is 703. The van der Waals surface area contributed by atoms with Crippen molar-refractivity contribution in [1.29, 1.82) is 0 Å². The van der Waals surface area contributed by atoms with Crippen molar-refractivity contribution in [2.24, 2.45) is 0 Å². The third-order valence-corrected chi connectivity index (χ3v) is 3.97. The summed E-state index contributed by atoms with van der Waals surface area (Å²) in [5.74, 6) is -3.15. The first kappa shape index (κ1) is 14.9. The summed E-state index contributed by atoms with van der Waals surface area (Å²) in [6.45, 7) is 0.705. The van der Waals surface area contributed by atoms with E-state index in [0.717, 1.165) is 18.6 Å². The fraction of sp³-hybridized carbons (Fsp3) is 0.400. The molecule has 0 spiro atoms. The summed E-state index contributed by atoms with van der Waals surface area (Å²) in [6.07, 6.45) is 1.85. The van der Waals surface area contributed by atoms with Crippen LogP contribution in [0.1, 0.15) is 30.1 Å². The SMILES string of the molecule is O=c1cc([C@@H]2CCN[C@@H](Cc3cc(F)c(F)c(F)c3)C2)o[nH]1. The van der Waals surface area contributed by atoms with Gasteiger partial charge in [0.15, 0.2) is 17.5 Å². The first-order valence-electron chi connectivity index (χ1n) is 7.08. The summed E-state index contributed by atoms with van der Waals surface area (Å²) in [4.78, 5) is 11.1. The van der Waals surface area contributed by atoms with Crippen molar-refractivity contribution in [2.75, 3.05) is 6.54 Å². The monoisotopic (exact) mass is 312 g/mol. The number of piperidine rings is 1. The number of aromatic amines is 1. The van der Waals surface area contributed by atoms with Crippen molar-refractivity contribution >= 4 is 0 Å². The Hall–Kier alpha value is -2.02. The van der Waals surface area contributed by atoms with E-state index in [2.05, 4.69) is 10.5 Å². The van der Waals surface area contributed by atoms with Gasteiger partial charge >= 0.3 is 0 Å². The Labute approximate surface area is 124 Å². The largest absolute Gasteiger partial charge is 0.383 e. The van der Waals surface area contributed by atoms with E-state index in [4.69, 9.17) is 4.52 Å². The van der Waals surface area contributed by atoms with E-state index in [-0.39, 0.29) is 17.5 Å². The molecule has 0 radical (unpaired) electrons. The van der Waals surface area contributed by atoms with Gasteiger partial charge in [0, 0.05) is 18.0 Å². The van der Waals surface area contributed by atoms with Crippen LogP contribution in [0.2, 0.25) is 0 Å². The first-order valence-corrected chi connectivity index (χ1v) is 7.08. The summed E-state index contributed by atoms with van der Waals surface area (Å²) in [6, 6.07) is 3.42. The molecule has 1 aromatic heterocycles. The second kappa shape index (κ2) is 6.00. The quantitative estimate of drug-likeness (QED) is 0.856. The Kier molecular flexibility index (Phi) is 4.06. The summed E-state index contributed by atoms with van der Waals surface area (Å²) in [5, 5.41) is 5.52.